The third kappa shape index (κ3) is 4.14. The molecule has 1 aliphatic rings. The van der Waals surface area contributed by atoms with Crippen LogP contribution in [0.2, 0.25) is 0 Å². The first-order chi connectivity index (χ1) is 18.0. The van der Waals surface area contributed by atoms with E-state index in [1.165, 1.54) is 18.5 Å². The van der Waals surface area contributed by atoms with Gasteiger partial charge in [-0.05, 0) is 54.4 Å². The number of hydrogen-bond acceptors (Lipinski definition) is 7. The van der Waals surface area contributed by atoms with E-state index in [-0.39, 0.29) is 30.7 Å². The summed E-state index contributed by atoms with van der Waals surface area (Å²) in [5, 5.41) is 20.0. The van der Waals surface area contributed by atoms with Crippen molar-refractivity contribution in [3.8, 4) is 17.3 Å². The number of aryl methyl sites for hydroxylation is 1. The maximum atomic E-state index is 13.2. The number of carbonyl (C=O) groups excluding carboxylic acids is 1. The summed E-state index contributed by atoms with van der Waals surface area (Å²) in [7, 11) is 1.57. The second-order valence-corrected chi connectivity index (χ2v) is 8.72. The van der Waals surface area contributed by atoms with Gasteiger partial charge in [0.1, 0.15) is 24.6 Å². The minimum atomic E-state index is -0.296. The molecule has 4 heterocycles. The van der Waals surface area contributed by atoms with Gasteiger partial charge in [-0.25, -0.2) is 4.39 Å². The Labute approximate surface area is 210 Å². The average molecular weight is 500 g/mol. The van der Waals surface area contributed by atoms with Gasteiger partial charge in [0.2, 0.25) is 5.91 Å². The van der Waals surface area contributed by atoms with Crippen LogP contribution in [-0.2, 0) is 11.4 Å². The van der Waals surface area contributed by atoms with Gasteiger partial charge in [0, 0.05) is 17.9 Å². The highest BCUT2D eigenvalue weighted by Crippen LogP contribution is 2.42. The summed E-state index contributed by atoms with van der Waals surface area (Å²) < 4.78 is 27.9. The van der Waals surface area contributed by atoms with E-state index in [9.17, 15) is 9.18 Å². The van der Waals surface area contributed by atoms with Crippen molar-refractivity contribution in [1.29, 1.82) is 0 Å². The Bertz CT molecular complexity index is 1630. The van der Waals surface area contributed by atoms with E-state index < -0.39 is 0 Å². The fourth-order valence-corrected chi connectivity index (χ4v) is 4.59. The van der Waals surface area contributed by atoms with E-state index in [2.05, 4.69) is 20.6 Å². The Kier molecular flexibility index (Phi) is 5.52. The van der Waals surface area contributed by atoms with Crippen LogP contribution in [0.4, 0.5) is 10.2 Å². The van der Waals surface area contributed by atoms with Crippen molar-refractivity contribution in [2.75, 3.05) is 12.4 Å². The van der Waals surface area contributed by atoms with Crippen molar-refractivity contribution in [2.45, 2.75) is 25.9 Å². The molecule has 6 rings (SSSR count). The molecule has 10 nitrogen and oxygen atoms in total. The fourth-order valence-electron chi connectivity index (χ4n) is 4.59. The maximum Gasteiger partial charge on any atom is 0.226 e. The Morgan fingerprint density at radius 2 is 1.92 bits per heavy atom. The molecule has 3 aromatic heterocycles. The van der Waals surface area contributed by atoms with Gasteiger partial charge in [0.05, 0.1) is 12.8 Å². The molecule has 0 saturated carbocycles. The molecule has 11 heteroatoms. The van der Waals surface area contributed by atoms with E-state index in [1.807, 2.05) is 25.1 Å². The number of hydrogen-bond donors (Lipinski definition) is 1. The molecular formula is C26H22FN7O3. The monoisotopic (exact) mass is 499 g/mol. The molecule has 0 radical (unpaired) electrons. The number of nitrogens with one attached hydrogen (secondary N) is 1. The van der Waals surface area contributed by atoms with Gasteiger partial charge in [0.15, 0.2) is 23.0 Å². The first-order valence-electron chi connectivity index (χ1n) is 11.6. The van der Waals surface area contributed by atoms with Crippen molar-refractivity contribution in [2.24, 2.45) is 0 Å². The van der Waals surface area contributed by atoms with Crippen LogP contribution in [-0.4, -0.2) is 42.6 Å². The molecular weight excluding hydrogens is 477 g/mol. The maximum absolute atomic E-state index is 13.2. The van der Waals surface area contributed by atoms with Crippen LogP contribution in [0.15, 0.2) is 60.9 Å². The summed E-state index contributed by atoms with van der Waals surface area (Å²) in [4.78, 5) is 12.8. The van der Waals surface area contributed by atoms with E-state index in [1.54, 1.807) is 40.6 Å². The number of fused-ring (bicyclic) bond motifs is 2. The van der Waals surface area contributed by atoms with Crippen molar-refractivity contribution >= 4 is 17.4 Å². The van der Waals surface area contributed by atoms with Crippen LogP contribution < -0.4 is 14.8 Å². The lowest BCUT2D eigenvalue weighted by molar-refractivity contribution is -0.116. The third-order valence-electron chi connectivity index (χ3n) is 6.36. The minimum Gasteiger partial charge on any atom is -0.493 e. The lowest BCUT2D eigenvalue weighted by Crippen LogP contribution is -2.25. The Balaban J connectivity index is 1.34. The normalized spacial score (nSPS) is 14.9. The zero-order valence-corrected chi connectivity index (χ0v) is 20.1. The molecule has 0 saturated heterocycles. The minimum absolute atomic E-state index is 0.125. The molecule has 37 heavy (non-hydrogen) atoms. The molecule has 0 unspecified atom stereocenters. The van der Waals surface area contributed by atoms with E-state index >= 15 is 0 Å². The van der Waals surface area contributed by atoms with Crippen LogP contribution in [0.25, 0.3) is 11.5 Å². The smallest absolute Gasteiger partial charge is 0.226 e. The topological polar surface area (TPSA) is 108 Å². The predicted molar refractivity (Wildman–Crippen MR) is 131 cm³/mol. The van der Waals surface area contributed by atoms with Crippen molar-refractivity contribution in [3.05, 3.63) is 89.1 Å². The second-order valence-electron chi connectivity index (χ2n) is 8.72. The van der Waals surface area contributed by atoms with Gasteiger partial charge < -0.3 is 14.8 Å². The SMILES string of the molecule is COc1cc([C@H]2CC(=O)Nc3c2c(C)nn3-c2ccc3nncn3n2)ccc1OCc1ccc(F)cc1. The van der Waals surface area contributed by atoms with Gasteiger partial charge in [-0.1, -0.05) is 18.2 Å². The highest BCUT2D eigenvalue weighted by molar-refractivity contribution is 5.95. The van der Waals surface area contributed by atoms with Crippen LogP contribution >= 0.6 is 0 Å². The molecule has 0 fully saturated rings. The molecule has 5 aromatic rings. The first kappa shape index (κ1) is 22.7. The molecule has 0 bridgehead atoms. The number of carbonyl (C=O) groups is 1. The number of aromatic nitrogens is 6. The number of anilines is 1. The number of nitrogens with zero attached hydrogens (tertiary/aromatic N) is 6. The number of ether oxygens (including phenoxy) is 2. The van der Waals surface area contributed by atoms with Gasteiger partial charge in [-0.15, -0.1) is 15.3 Å². The molecule has 2 aromatic carbocycles. The quantitative estimate of drug-likeness (QED) is 0.378. The predicted octanol–water partition coefficient (Wildman–Crippen LogP) is 3.82. The largest absolute Gasteiger partial charge is 0.493 e. The fraction of sp³-hybridized carbons (Fsp3) is 0.192. The lowest BCUT2D eigenvalue weighted by atomic mass is 9.85. The van der Waals surface area contributed by atoms with Crippen LogP contribution in [0.5, 0.6) is 11.5 Å². The molecule has 1 amide bonds. The number of amides is 1. The van der Waals surface area contributed by atoms with Crippen molar-refractivity contribution in [1.82, 2.24) is 29.6 Å². The second kappa shape index (κ2) is 9.01. The van der Waals surface area contributed by atoms with Gasteiger partial charge in [-0.3, -0.25) is 4.79 Å². The van der Waals surface area contributed by atoms with E-state index in [4.69, 9.17) is 14.6 Å². The van der Waals surface area contributed by atoms with Gasteiger partial charge in [0.25, 0.3) is 0 Å². The highest BCUT2D eigenvalue weighted by atomic mass is 19.1. The standard InChI is InChI=1S/C26H22FN7O3/c1-15-25-19(17-5-8-20(21(11-17)36-2)37-13-16-3-6-18(27)7-4-16)12-24(35)29-26(25)34(31-15)23-10-9-22-30-28-14-33(22)32-23/h3-11,14,19H,12-13H2,1-2H3,(H,29,35)/t19-/m1/s1. The lowest BCUT2D eigenvalue weighted by Gasteiger charge is -2.25. The molecule has 1 aliphatic heterocycles. The van der Waals surface area contributed by atoms with Crippen molar-refractivity contribution in [3.63, 3.8) is 0 Å². The number of benzene rings is 2. The Hall–Kier alpha value is -4.80. The molecule has 1 N–H and O–H groups in total. The zero-order valence-electron chi connectivity index (χ0n) is 20.1. The van der Waals surface area contributed by atoms with Crippen molar-refractivity contribution < 1.29 is 18.7 Å². The van der Waals surface area contributed by atoms with E-state index in [0.717, 1.165) is 22.4 Å². The molecule has 0 aliphatic carbocycles. The Morgan fingerprint density at radius 3 is 2.73 bits per heavy atom. The number of halogens is 1. The third-order valence-corrected chi connectivity index (χ3v) is 6.36. The summed E-state index contributed by atoms with van der Waals surface area (Å²) >= 11 is 0. The molecule has 0 spiro atoms. The Morgan fingerprint density at radius 1 is 1.08 bits per heavy atom. The summed E-state index contributed by atoms with van der Waals surface area (Å²) in [6.45, 7) is 2.18. The highest BCUT2D eigenvalue weighted by Gasteiger charge is 2.33. The van der Waals surface area contributed by atoms with Gasteiger partial charge in [-0.2, -0.15) is 14.3 Å². The number of methoxy groups -OCH3 is 1. The summed E-state index contributed by atoms with van der Waals surface area (Å²) in [6, 6.07) is 15.3. The van der Waals surface area contributed by atoms with E-state index in [0.29, 0.717) is 28.8 Å². The summed E-state index contributed by atoms with van der Waals surface area (Å²) in [6.07, 6.45) is 1.77. The van der Waals surface area contributed by atoms with Crippen LogP contribution in [0.1, 0.15) is 34.7 Å². The van der Waals surface area contributed by atoms with Crippen LogP contribution in [0, 0.1) is 12.7 Å². The average Bonchev–Trinajstić information content (AvgIpc) is 3.51. The first-order valence-corrected chi connectivity index (χ1v) is 11.6. The summed E-state index contributed by atoms with van der Waals surface area (Å²) in [5.74, 6) is 1.53. The molecule has 186 valence electrons. The zero-order chi connectivity index (χ0) is 25.5. The summed E-state index contributed by atoms with van der Waals surface area (Å²) in [5.41, 5.74) is 4.03. The van der Waals surface area contributed by atoms with Gasteiger partial charge >= 0.3 is 0 Å². The molecule has 1 atom stereocenters. The number of rotatable bonds is 6. The van der Waals surface area contributed by atoms with Crippen LogP contribution in [0.3, 0.4) is 0 Å².